The first kappa shape index (κ1) is 10.1. The van der Waals surface area contributed by atoms with Crippen molar-refractivity contribution in [1.82, 2.24) is 10.2 Å². The molecule has 3 nitrogen and oxygen atoms in total. The fraction of sp³-hybridized carbons (Fsp3) is 0.700. The average Bonchev–Trinajstić information content (AvgIpc) is 2.88. The Morgan fingerprint density at radius 2 is 2.38 bits per heavy atom. The van der Waals surface area contributed by atoms with Gasteiger partial charge in [0.15, 0.2) is 0 Å². The molecule has 1 fully saturated rings. The van der Waals surface area contributed by atoms with Gasteiger partial charge in [-0.3, -0.25) is 4.79 Å². The fourth-order valence-corrected chi connectivity index (χ4v) is 1.07. The minimum atomic E-state index is 0.0681. The number of nitrogens with zero attached hydrogens (tertiary/aromatic N) is 1. The van der Waals surface area contributed by atoms with Crippen LogP contribution in [-0.4, -0.2) is 37.5 Å². The Morgan fingerprint density at radius 3 is 2.92 bits per heavy atom. The summed E-state index contributed by atoms with van der Waals surface area (Å²) in [5, 5.41) is 3.13. The third-order valence-electron chi connectivity index (χ3n) is 2.16. The first-order chi connectivity index (χ1) is 6.24. The fourth-order valence-electron chi connectivity index (χ4n) is 1.07. The smallest absolute Gasteiger partial charge is 0.237 e. The van der Waals surface area contributed by atoms with Crippen molar-refractivity contribution in [3.05, 3.63) is 0 Å². The molecule has 0 heterocycles. The van der Waals surface area contributed by atoms with Crippen molar-refractivity contribution < 1.29 is 4.79 Å². The lowest BCUT2D eigenvalue weighted by molar-refractivity contribution is -0.128. The molecule has 0 aromatic carbocycles. The third kappa shape index (κ3) is 3.95. The van der Waals surface area contributed by atoms with Crippen LogP contribution in [0.3, 0.4) is 0 Å². The van der Waals surface area contributed by atoms with Crippen LogP contribution in [0.1, 0.15) is 12.8 Å². The molecule has 0 unspecified atom stereocenters. The van der Waals surface area contributed by atoms with Gasteiger partial charge in [0.2, 0.25) is 5.91 Å². The zero-order valence-electron chi connectivity index (χ0n) is 8.05. The highest BCUT2D eigenvalue weighted by atomic mass is 16.2. The largest absolute Gasteiger partial charge is 0.334 e. The number of nitrogens with one attached hydrogen (secondary N) is 1. The first-order valence-corrected chi connectivity index (χ1v) is 4.62. The number of likely N-dealkylation sites (N-methyl/N-ethyl adjacent to an activating group) is 1. The average molecular weight is 180 g/mol. The molecule has 0 aromatic rings. The van der Waals surface area contributed by atoms with Crippen molar-refractivity contribution in [3.63, 3.8) is 0 Å². The van der Waals surface area contributed by atoms with E-state index in [0.29, 0.717) is 13.1 Å². The number of terminal acetylenes is 1. The second kappa shape index (κ2) is 4.88. The number of hydrogen-bond donors (Lipinski definition) is 1. The molecule has 0 aromatic heterocycles. The van der Waals surface area contributed by atoms with Crippen LogP contribution in [0.5, 0.6) is 0 Å². The van der Waals surface area contributed by atoms with Gasteiger partial charge in [0, 0.05) is 7.05 Å². The lowest BCUT2D eigenvalue weighted by Crippen LogP contribution is -2.36. The number of rotatable bonds is 5. The minimum Gasteiger partial charge on any atom is -0.334 e. The Balaban J connectivity index is 2.05. The summed E-state index contributed by atoms with van der Waals surface area (Å²) in [5.41, 5.74) is 0. The van der Waals surface area contributed by atoms with Crippen LogP contribution in [0.25, 0.3) is 0 Å². The molecular weight excluding hydrogens is 164 g/mol. The summed E-state index contributed by atoms with van der Waals surface area (Å²) in [6.07, 6.45) is 7.70. The predicted octanol–water partition coefficient (Wildman–Crippen LogP) is 0.0776. The van der Waals surface area contributed by atoms with E-state index in [1.165, 1.54) is 12.8 Å². The van der Waals surface area contributed by atoms with E-state index in [-0.39, 0.29) is 5.91 Å². The van der Waals surface area contributed by atoms with E-state index in [9.17, 15) is 4.79 Å². The lowest BCUT2D eigenvalue weighted by atomic mass is 10.4. The number of carbonyl (C=O) groups excluding carboxylic acids is 1. The van der Waals surface area contributed by atoms with E-state index < -0.39 is 0 Å². The number of carbonyl (C=O) groups is 1. The molecule has 1 rings (SSSR count). The van der Waals surface area contributed by atoms with Crippen LogP contribution in [0.4, 0.5) is 0 Å². The van der Waals surface area contributed by atoms with E-state index >= 15 is 0 Å². The number of amides is 1. The summed E-state index contributed by atoms with van der Waals surface area (Å²) < 4.78 is 0. The van der Waals surface area contributed by atoms with Gasteiger partial charge in [0.05, 0.1) is 13.1 Å². The van der Waals surface area contributed by atoms with Crippen LogP contribution in [0.2, 0.25) is 0 Å². The summed E-state index contributed by atoms with van der Waals surface area (Å²) in [6, 6.07) is 0. The third-order valence-corrected chi connectivity index (χ3v) is 2.16. The molecule has 1 amide bonds. The maximum absolute atomic E-state index is 11.3. The molecule has 0 bridgehead atoms. The lowest BCUT2D eigenvalue weighted by Gasteiger charge is -2.13. The molecule has 0 aliphatic heterocycles. The standard InChI is InChI=1S/C10H16N2O/c1-3-6-12(2)10(13)8-11-7-9-4-5-9/h1,9,11H,4-8H2,2H3. The van der Waals surface area contributed by atoms with Crippen molar-refractivity contribution in [2.75, 3.05) is 26.7 Å². The highest BCUT2D eigenvalue weighted by Gasteiger charge is 2.20. The van der Waals surface area contributed by atoms with Crippen molar-refractivity contribution >= 4 is 5.91 Å². The van der Waals surface area contributed by atoms with Gasteiger partial charge in [0.1, 0.15) is 0 Å². The quantitative estimate of drug-likeness (QED) is 0.608. The predicted molar refractivity (Wildman–Crippen MR) is 52.1 cm³/mol. The minimum absolute atomic E-state index is 0.0681. The first-order valence-electron chi connectivity index (χ1n) is 4.62. The zero-order chi connectivity index (χ0) is 9.68. The molecular formula is C10H16N2O. The maximum Gasteiger partial charge on any atom is 0.237 e. The summed E-state index contributed by atoms with van der Waals surface area (Å²) in [6.45, 7) is 1.77. The van der Waals surface area contributed by atoms with Gasteiger partial charge in [0.25, 0.3) is 0 Å². The van der Waals surface area contributed by atoms with Crippen molar-refractivity contribution in [2.24, 2.45) is 5.92 Å². The summed E-state index contributed by atoms with van der Waals surface area (Å²) in [5.74, 6) is 3.32. The van der Waals surface area contributed by atoms with E-state index in [1.54, 1.807) is 11.9 Å². The van der Waals surface area contributed by atoms with Crippen molar-refractivity contribution in [3.8, 4) is 12.3 Å². The molecule has 0 saturated heterocycles. The van der Waals surface area contributed by atoms with E-state index in [0.717, 1.165) is 12.5 Å². The Morgan fingerprint density at radius 1 is 1.69 bits per heavy atom. The van der Waals surface area contributed by atoms with E-state index in [4.69, 9.17) is 6.42 Å². The molecule has 72 valence electrons. The van der Waals surface area contributed by atoms with E-state index in [1.807, 2.05) is 0 Å². The van der Waals surface area contributed by atoms with Crippen LogP contribution >= 0.6 is 0 Å². The molecule has 13 heavy (non-hydrogen) atoms. The van der Waals surface area contributed by atoms with Gasteiger partial charge in [-0.05, 0) is 25.3 Å². The van der Waals surface area contributed by atoms with Crippen molar-refractivity contribution in [2.45, 2.75) is 12.8 Å². The van der Waals surface area contributed by atoms with Crippen LogP contribution in [-0.2, 0) is 4.79 Å². The SMILES string of the molecule is C#CCN(C)C(=O)CNCC1CC1. The maximum atomic E-state index is 11.3. The van der Waals surface area contributed by atoms with Crippen molar-refractivity contribution in [1.29, 1.82) is 0 Å². The van der Waals surface area contributed by atoms with Gasteiger partial charge in [-0.1, -0.05) is 5.92 Å². The van der Waals surface area contributed by atoms with Gasteiger partial charge in [-0.15, -0.1) is 6.42 Å². The highest BCUT2D eigenvalue weighted by Crippen LogP contribution is 2.27. The Hall–Kier alpha value is -1.01. The molecule has 3 heteroatoms. The molecule has 1 aliphatic rings. The topological polar surface area (TPSA) is 32.3 Å². The molecule has 1 N–H and O–H groups in total. The molecule has 1 saturated carbocycles. The Bertz CT molecular complexity index is 215. The number of hydrogen-bond acceptors (Lipinski definition) is 2. The molecule has 0 radical (unpaired) electrons. The van der Waals surface area contributed by atoms with Gasteiger partial charge >= 0.3 is 0 Å². The monoisotopic (exact) mass is 180 g/mol. The molecule has 0 spiro atoms. The second-order valence-electron chi connectivity index (χ2n) is 3.53. The summed E-state index contributed by atoms with van der Waals surface area (Å²) in [7, 11) is 1.72. The summed E-state index contributed by atoms with van der Waals surface area (Å²) >= 11 is 0. The Kier molecular flexibility index (Phi) is 3.78. The normalized spacial score (nSPS) is 15.1. The van der Waals surface area contributed by atoms with Crippen LogP contribution in [0.15, 0.2) is 0 Å². The second-order valence-corrected chi connectivity index (χ2v) is 3.53. The summed E-state index contributed by atoms with van der Waals surface area (Å²) in [4.78, 5) is 12.9. The Labute approximate surface area is 79.5 Å². The van der Waals surface area contributed by atoms with Gasteiger partial charge in [-0.25, -0.2) is 0 Å². The van der Waals surface area contributed by atoms with Crippen LogP contribution in [0, 0.1) is 18.3 Å². The molecule has 1 aliphatic carbocycles. The van der Waals surface area contributed by atoms with Gasteiger partial charge in [-0.2, -0.15) is 0 Å². The van der Waals surface area contributed by atoms with Crippen LogP contribution < -0.4 is 5.32 Å². The molecule has 0 atom stereocenters. The highest BCUT2D eigenvalue weighted by molar-refractivity contribution is 5.78. The zero-order valence-corrected chi connectivity index (χ0v) is 8.05. The van der Waals surface area contributed by atoms with Gasteiger partial charge < -0.3 is 10.2 Å². The van der Waals surface area contributed by atoms with E-state index in [2.05, 4.69) is 11.2 Å².